The van der Waals surface area contributed by atoms with Crippen molar-refractivity contribution in [2.24, 2.45) is 0 Å². The van der Waals surface area contributed by atoms with Gasteiger partial charge in [-0.25, -0.2) is 0 Å². The van der Waals surface area contributed by atoms with Crippen LogP contribution < -0.4 is 4.90 Å². The molecule has 0 aliphatic rings. The van der Waals surface area contributed by atoms with Crippen LogP contribution in [0.5, 0.6) is 0 Å². The van der Waals surface area contributed by atoms with Crippen LogP contribution in [0.2, 0.25) is 0 Å². The molecule has 1 aromatic rings. The smallest absolute Gasteiger partial charge is 0.370 e. The summed E-state index contributed by atoms with van der Waals surface area (Å²) in [5.74, 6) is 0.459. The van der Waals surface area contributed by atoms with Crippen molar-refractivity contribution in [1.29, 1.82) is 0 Å². The number of benzene rings is 1. The molecule has 0 saturated carbocycles. The van der Waals surface area contributed by atoms with Crippen molar-refractivity contribution in [2.45, 2.75) is 19.5 Å². The van der Waals surface area contributed by atoms with Gasteiger partial charge in [0.2, 0.25) is 0 Å². The first-order chi connectivity index (χ1) is 7.99. The molecule has 0 radical (unpaired) electrons. The van der Waals surface area contributed by atoms with Crippen molar-refractivity contribution in [3.8, 4) is 0 Å². The summed E-state index contributed by atoms with van der Waals surface area (Å²) in [6, 6.07) is 5.19. The first-order valence-corrected chi connectivity index (χ1v) is 6.00. The fraction of sp³-hybridized carbons (Fsp3) is 0.500. The molecular formula is C12H15ClF3N. The van der Waals surface area contributed by atoms with Crippen molar-refractivity contribution in [2.75, 3.05) is 23.9 Å². The standard InChI is InChI=1S/C12H15ClF3N/c1-2-8-17(9-7-13)11-5-3-10(4-6-11)12(14,15)16/h3-6H,2,7-9H2,1H3. The molecule has 0 atom stereocenters. The van der Waals surface area contributed by atoms with Crippen LogP contribution in [-0.4, -0.2) is 19.0 Å². The fourth-order valence-corrected chi connectivity index (χ4v) is 1.81. The van der Waals surface area contributed by atoms with E-state index in [9.17, 15) is 13.2 Å². The molecule has 0 aliphatic carbocycles. The topological polar surface area (TPSA) is 3.24 Å². The minimum absolute atomic E-state index is 0.459. The lowest BCUT2D eigenvalue weighted by molar-refractivity contribution is -0.137. The zero-order chi connectivity index (χ0) is 12.9. The average molecular weight is 266 g/mol. The first kappa shape index (κ1) is 14.2. The molecule has 0 spiro atoms. The molecule has 0 heterocycles. The summed E-state index contributed by atoms with van der Waals surface area (Å²) in [5.41, 5.74) is 0.157. The van der Waals surface area contributed by atoms with Gasteiger partial charge in [-0.15, -0.1) is 11.6 Å². The van der Waals surface area contributed by atoms with Crippen molar-refractivity contribution in [3.63, 3.8) is 0 Å². The van der Waals surface area contributed by atoms with Gasteiger partial charge >= 0.3 is 6.18 Å². The van der Waals surface area contributed by atoms with Crippen LogP contribution in [0.4, 0.5) is 18.9 Å². The van der Waals surface area contributed by atoms with E-state index in [1.807, 2.05) is 11.8 Å². The largest absolute Gasteiger partial charge is 0.416 e. The van der Waals surface area contributed by atoms with Gasteiger partial charge in [0.1, 0.15) is 0 Å². The van der Waals surface area contributed by atoms with E-state index in [1.165, 1.54) is 12.1 Å². The molecule has 0 aliphatic heterocycles. The highest BCUT2D eigenvalue weighted by Gasteiger charge is 2.30. The second kappa shape index (κ2) is 6.15. The predicted molar refractivity (Wildman–Crippen MR) is 64.7 cm³/mol. The van der Waals surface area contributed by atoms with Crippen LogP contribution in [0.3, 0.4) is 0 Å². The van der Waals surface area contributed by atoms with Gasteiger partial charge in [0.25, 0.3) is 0 Å². The Morgan fingerprint density at radius 3 is 2.12 bits per heavy atom. The summed E-state index contributed by atoms with van der Waals surface area (Å²) >= 11 is 5.66. The summed E-state index contributed by atoms with van der Waals surface area (Å²) in [6.07, 6.45) is -3.35. The van der Waals surface area contributed by atoms with Crippen LogP contribution in [0.25, 0.3) is 0 Å². The van der Waals surface area contributed by atoms with Crippen LogP contribution in [-0.2, 0) is 6.18 Å². The number of hydrogen-bond donors (Lipinski definition) is 0. The number of anilines is 1. The van der Waals surface area contributed by atoms with Gasteiger partial charge in [-0.2, -0.15) is 13.2 Å². The molecule has 0 N–H and O–H groups in total. The molecule has 1 aromatic carbocycles. The molecule has 0 amide bonds. The first-order valence-electron chi connectivity index (χ1n) is 5.47. The summed E-state index contributed by atoms with van der Waals surface area (Å²) < 4.78 is 37.1. The van der Waals surface area contributed by atoms with Crippen molar-refractivity contribution >= 4 is 17.3 Å². The monoisotopic (exact) mass is 265 g/mol. The highest BCUT2D eigenvalue weighted by atomic mass is 35.5. The highest BCUT2D eigenvalue weighted by molar-refractivity contribution is 6.18. The normalized spacial score (nSPS) is 11.6. The summed E-state index contributed by atoms with van der Waals surface area (Å²) in [7, 11) is 0. The predicted octanol–water partition coefficient (Wildman–Crippen LogP) is 4.16. The third kappa shape index (κ3) is 4.11. The molecular weight excluding hydrogens is 251 g/mol. The fourth-order valence-electron chi connectivity index (χ4n) is 1.60. The number of alkyl halides is 4. The Bertz CT molecular complexity index is 329. The maximum absolute atomic E-state index is 12.4. The Morgan fingerprint density at radius 2 is 1.71 bits per heavy atom. The Hall–Kier alpha value is -0.900. The maximum atomic E-state index is 12.4. The van der Waals surface area contributed by atoms with Gasteiger partial charge < -0.3 is 4.90 Å². The summed E-state index contributed by atoms with van der Waals surface area (Å²) in [6.45, 7) is 3.45. The number of hydrogen-bond acceptors (Lipinski definition) is 1. The van der Waals surface area contributed by atoms with Crippen LogP contribution in [0.1, 0.15) is 18.9 Å². The molecule has 0 aromatic heterocycles. The quantitative estimate of drug-likeness (QED) is 0.723. The van der Waals surface area contributed by atoms with Gasteiger partial charge in [0.05, 0.1) is 5.56 Å². The Kier molecular flexibility index (Phi) is 5.12. The minimum Gasteiger partial charge on any atom is -0.370 e. The van der Waals surface area contributed by atoms with E-state index in [1.54, 1.807) is 0 Å². The van der Waals surface area contributed by atoms with Gasteiger partial charge in [-0.1, -0.05) is 6.92 Å². The molecule has 17 heavy (non-hydrogen) atoms. The number of nitrogens with zero attached hydrogens (tertiary/aromatic N) is 1. The number of halogens is 4. The third-order valence-corrected chi connectivity index (χ3v) is 2.58. The average Bonchev–Trinajstić information content (AvgIpc) is 2.28. The second-order valence-electron chi connectivity index (χ2n) is 3.72. The van der Waals surface area contributed by atoms with E-state index in [0.29, 0.717) is 12.4 Å². The lowest BCUT2D eigenvalue weighted by Crippen LogP contribution is -2.26. The van der Waals surface area contributed by atoms with Gasteiger partial charge in [0.15, 0.2) is 0 Å². The highest BCUT2D eigenvalue weighted by Crippen LogP contribution is 2.30. The number of rotatable bonds is 5. The lowest BCUT2D eigenvalue weighted by atomic mass is 10.2. The van der Waals surface area contributed by atoms with Crippen LogP contribution in [0.15, 0.2) is 24.3 Å². The lowest BCUT2D eigenvalue weighted by Gasteiger charge is -2.23. The van der Waals surface area contributed by atoms with E-state index < -0.39 is 11.7 Å². The van der Waals surface area contributed by atoms with Crippen molar-refractivity contribution in [3.05, 3.63) is 29.8 Å². The molecule has 0 fully saturated rings. The van der Waals surface area contributed by atoms with E-state index in [0.717, 1.165) is 30.8 Å². The van der Waals surface area contributed by atoms with E-state index in [-0.39, 0.29) is 0 Å². The van der Waals surface area contributed by atoms with Crippen LogP contribution >= 0.6 is 11.6 Å². The summed E-state index contributed by atoms with van der Waals surface area (Å²) in [4.78, 5) is 1.98. The Morgan fingerprint density at radius 1 is 1.12 bits per heavy atom. The zero-order valence-corrected chi connectivity index (χ0v) is 10.4. The minimum atomic E-state index is -4.28. The Labute approximate surface area is 104 Å². The summed E-state index contributed by atoms with van der Waals surface area (Å²) in [5, 5.41) is 0. The van der Waals surface area contributed by atoms with Gasteiger partial charge in [-0.05, 0) is 30.7 Å². The van der Waals surface area contributed by atoms with Crippen molar-refractivity contribution in [1.82, 2.24) is 0 Å². The molecule has 5 heteroatoms. The SMILES string of the molecule is CCCN(CCCl)c1ccc(C(F)(F)F)cc1. The van der Waals surface area contributed by atoms with E-state index in [4.69, 9.17) is 11.6 Å². The van der Waals surface area contributed by atoms with Gasteiger partial charge in [0, 0.05) is 24.7 Å². The molecule has 1 nitrogen and oxygen atoms in total. The Balaban J connectivity index is 2.84. The van der Waals surface area contributed by atoms with Crippen molar-refractivity contribution < 1.29 is 13.2 Å². The van der Waals surface area contributed by atoms with Gasteiger partial charge in [-0.3, -0.25) is 0 Å². The third-order valence-electron chi connectivity index (χ3n) is 2.41. The maximum Gasteiger partial charge on any atom is 0.416 e. The molecule has 0 bridgehead atoms. The molecule has 1 rings (SSSR count). The molecule has 0 saturated heterocycles. The zero-order valence-electron chi connectivity index (χ0n) is 9.60. The van der Waals surface area contributed by atoms with E-state index >= 15 is 0 Å². The second-order valence-corrected chi connectivity index (χ2v) is 4.10. The van der Waals surface area contributed by atoms with Crippen LogP contribution in [0, 0.1) is 0 Å². The molecule has 0 unspecified atom stereocenters. The molecule has 96 valence electrons. The van der Waals surface area contributed by atoms with E-state index in [2.05, 4.69) is 0 Å².